The highest BCUT2D eigenvalue weighted by atomic mass is 32.1. The zero-order valence-corrected chi connectivity index (χ0v) is 14.4. The Balaban J connectivity index is 1.89. The van der Waals surface area contributed by atoms with Gasteiger partial charge in [-0.2, -0.15) is 0 Å². The van der Waals surface area contributed by atoms with Crippen LogP contribution in [0.25, 0.3) is 0 Å². The lowest BCUT2D eigenvalue weighted by Gasteiger charge is -2.59. The zero-order valence-electron chi connectivity index (χ0n) is 13.6. The van der Waals surface area contributed by atoms with Crippen molar-refractivity contribution >= 4 is 17.4 Å². The van der Waals surface area contributed by atoms with Crippen LogP contribution in [0.1, 0.15) is 50.9 Å². The van der Waals surface area contributed by atoms with Crippen LogP contribution in [0.5, 0.6) is 0 Å². The normalized spacial score (nSPS) is 28.6. The predicted octanol–water partition coefficient (Wildman–Crippen LogP) is 3.02. The lowest BCUT2D eigenvalue weighted by atomic mass is 9.56. The zero-order chi connectivity index (χ0) is 15.8. The van der Waals surface area contributed by atoms with Crippen LogP contribution in [-0.2, 0) is 4.74 Å². The van der Waals surface area contributed by atoms with Crippen molar-refractivity contribution in [3.05, 3.63) is 16.1 Å². The molecule has 1 aromatic rings. The van der Waals surface area contributed by atoms with Crippen molar-refractivity contribution in [1.29, 1.82) is 0 Å². The van der Waals surface area contributed by atoms with Crippen LogP contribution in [0.2, 0.25) is 0 Å². The van der Waals surface area contributed by atoms with Crippen LogP contribution in [0, 0.1) is 12.3 Å². The monoisotopic (exact) mass is 311 g/mol. The van der Waals surface area contributed by atoms with Crippen molar-refractivity contribution in [2.45, 2.75) is 58.7 Å². The molecule has 6 heteroatoms. The number of ether oxygens (including phenoxy) is 1. The first kappa shape index (κ1) is 16.2. The average molecular weight is 311 g/mol. The number of carbonyl (C=O) groups is 1. The Morgan fingerprint density at radius 1 is 1.52 bits per heavy atom. The number of thiazole rings is 1. The minimum atomic E-state index is -0.178. The molecule has 5 nitrogen and oxygen atoms in total. The molecule has 1 heterocycles. The second-order valence-corrected chi connectivity index (χ2v) is 7.61. The molecule has 0 bridgehead atoms. The van der Waals surface area contributed by atoms with E-state index >= 15 is 0 Å². The van der Waals surface area contributed by atoms with E-state index in [1.54, 1.807) is 18.4 Å². The summed E-state index contributed by atoms with van der Waals surface area (Å²) in [5.41, 5.74) is 0.643. The third kappa shape index (κ3) is 2.92. The van der Waals surface area contributed by atoms with E-state index in [1.807, 2.05) is 19.2 Å². The molecular formula is C15H25N3O2S. The van der Waals surface area contributed by atoms with Gasteiger partial charge in [-0.05, 0) is 27.2 Å². The van der Waals surface area contributed by atoms with Crippen molar-refractivity contribution < 1.29 is 9.53 Å². The van der Waals surface area contributed by atoms with Crippen LogP contribution in [0.3, 0.4) is 0 Å². The summed E-state index contributed by atoms with van der Waals surface area (Å²) in [6.45, 7) is 10.2. The van der Waals surface area contributed by atoms with Gasteiger partial charge in [-0.25, -0.2) is 9.78 Å². The molecule has 0 radical (unpaired) electrons. The van der Waals surface area contributed by atoms with Crippen LogP contribution < -0.4 is 10.6 Å². The first-order valence-electron chi connectivity index (χ1n) is 7.24. The number of hydrogen-bond donors (Lipinski definition) is 2. The summed E-state index contributed by atoms with van der Waals surface area (Å²) < 4.78 is 5.57. The van der Waals surface area contributed by atoms with Gasteiger partial charge in [0.2, 0.25) is 0 Å². The number of urea groups is 1. The molecule has 118 valence electrons. The number of carbonyl (C=O) groups excluding carboxylic acids is 1. The molecule has 1 saturated carbocycles. The SMILES string of the molecule is COC1(C)CC(NC(=O)NC(C)c2csc(C)n2)C1(C)C. The Morgan fingerprint density at radius 3 is 2.67 bits per heavy atom. The van der Waals surface area contributed by atoms with Gasteiger partial charge in [-0.1, -0.05) is 13.8 Å². The quantitative estimate of drug-likeness (QED) is 0.898. The predicted molar refractivity (Wildman–Crippen MR) is 84.5 cm³/mol. The number of rotatable bonds is 4. The Bertz CT molecular complexity index is 529. The molecule has 3 atom stereocenters. The lowest BCUT2D eigenvalue weighted by Crippen LogP contribution is -2.69. The first-order valence-corrected chi connectivity index (χ1v) is 8.12. The number of methoxy groups -OCH3 is 1. The summed E-state index contributed by atoms with van der Waals surface area (Å²) in [5.74, 6) is 0. The molecule has 1 aromatic heterocycles. The number of aromatic nitrogens is 1. The number of amides is 2. The van der Waals surface area contributed by atoms with Gasteiger partial charge in [0, 0.05) is 23.9 Å². The van der Waals surface area contributed by atoms with Crippen LogP contribution in [0.4, 0.5) is 4.79 Å². The Kier molecular flexibility index (Phi) is 4.31. The summed E-state index contributed by atoms with van der Waals surface area (Å²) >= 11 is 1.59. The maximum Gasteiger partial charge on any atom is 0.315 e. The summed E-state index contributed by atoms with van der Waals surface area (Å²) in [6.07, 6.45) is 0.827. The van der Waals surface area contributed by atoms with Gasteiger partial charge in [-0.3, -0.25) is 0 Å². The van der Waals surface area contributed by atoms with Crippen molar-refractivity contribution in [2.24, 2.45) is 5.41 Å². The first-order chi connectivity index (χ1) is 9.69. The molecule has 1 aliphatic rings. The molecule has 3 unspecified atom stereocenters. The van der Waals surface area contributed by atoms with E-state index < -0.39 is 0 Å². The fourth-order valence-electron chi connectivity index (χ4n) is 2.77. The van der Waals surface area contributed by atoms with E-state index in [0.29, 0.717) is 0 Å². The van der Waals surface area contributed by atoms with Gasteiger partial charge in [-0.15, -0.1) is 11.3 Å². The van der Waals surface area contributed by atoms with E-state index in [9.17, 15) is 4.79 Å². The van der Waals surface area contributed by atoms with Gasteiger partial charge >= 0.3 is 6.03 Å². The molecule has 1 aliphatic carbocycles. The number of aryl methyl sites for hydroxylation is 1. The largest absolute Gasteiger partial charge is 0.378 e. The molecule has 0 spiro atoms. The van der Waals surface area contributed by atoms with Crippen molar-refractivity contribution in [3.63, 3.8) is 0 Å². The molecule has 1 fully saturated rings. The van der Waals surface area contributed by atoms with Crippen LogP contribution >= 0.6 is 11.3 Å². The Hall–Kier alpha value is -1.14. The topological polar surface area (TPSA) is 63.2 Å². The summed E-state index contributed by atoms with van der Waals surface area (Å²) in [5, 5.41) is 8.99. The van der Waals surface area contributed by atoms with Gasteiger partial charge in [0.1, 0.15) is 0 Å². The number of nitrogens with one attached hydrogen (secondary N) is 2. The molecule has 2 amide bonds. The summed E-state index contributed by atoms with van der Waals surface area (Å²) in [4.78, 5) is 16.5. The highest BCUT2D eigenvalue weighted by Gasteiger charge is 2.58. The van der Waals surface area contributed by atoms with Gasteiger partial charge in [0.15, 0.2) is 0 Å². The summed E-state index contributed by atoms with van der Waals surface area (Å²) in [6, 6.07) is -0.122. The minimum absolute atomic E-state index is 0.0838. The molecule has 2 rings (SSSR count). The smallest absolute Gasteiger partial charge is 0.315 e. The second kappa shape index (κ2) is 5.57. The fraction of sp³-hybridized carbons (Fsp3) is 0.733. The third-order valence-electron chi connectivity index (χ3n) is 5.01. The van der Waals surface area contributed by atoms with E-state index in [4.69, 9.17) is 4.74 Å². The molecule has 0 aliphatic heterocycles. The van der Waals surface area contributed by atoms with Crippen LogP contribution in [-0.4, -0.2) is 29.8 Å². The number of hydrogen-bond acceptors (Lipinski definition) is 4. The van der Waals surface area contributed by atoms with E-state index in [1.165, 1.54) is 0 Å². The van der Waals surface area contributed by atoms with E-state index in [2.05, 4.69) is 36.4 Å². The Labute approximate surface area is 130 Å². The van der Waals surface area contributed by atoms with Gasteiger partial charge < -0.3 is 15.4 Å². The Morgan fingerprint density at radius 2 is 2.19 bits per heavy atom. The standard InChI is InChI=1S/C15H25N3O2S/c1-9(11-8-21-10(2)17-11)16-13(19)18-12-7-15(5,20-6)14(12,3)4/h8-9,12H,7H2,1-6H3,(H2,16,18,19). The highest BCUT2D eigenvalue weighted by molar-refractivity contribution is 7.09. The minimum Gasteiger partial charge on any atom is -0.378 e. The maximum atomic E-state index is 12.1. The second-order valence-electron chi connectivity index (χ2n) is 6.54. The van der Waals surface area contributed by atoms with Crippen molar-refractivity contribution in [1.82, 2.24) is 15.6 Å². The maximum absolute atomic E-state index is 12.1. The van der Waals surface area contributed by atoms with E-state index in [0.717, 1.165) is 17.1 Å². The van der Waals surface area contributed by atoms with Crippen LogP contribution in [0.15, 0.2) is 5.38 Å². The molecular weight excluding hydrogens is 286 g/mol. The fourth-order valence-corrected chi connectivity index (χ4v) is 3.48. The van der Waals surface area contributed by atoms with Crippen molar-refractivity contribution in [3.8, 4) is 0 Å². The molecule has 21 heavy (non-hydrogen) atoms. The third-order valence-corrected chi connectivity index (χ3v) is 5.80. The molecule has 0 saturated heterocycles. The van der Waals surface area contributed by atoms with E-state index in [-0.39, 0.29) is 29.1 Å². The van der Waals surface area contributed by atoms with Gasteiger partial charge in [0.05, 0.1) is 22.3 Å². The summed E-state index contributed by atoms with van der Waals surface area (Å²) in [7, 11) is 1.73. The molecule has 0 aromatic carbocycles. The highest BCUT2D eigenvalue weighted by Crippen LogP contribution is 2.51. The molecule has 2 N–H and O–H groups in total. The van der Waals surface area contributed by atoms with Gasteiger partial charge in [0.25, 0.3) is 0 Å². The van der Waals surface area contributed by atoms with Crippen molar-refractivity contribution in [2.75, 3.05) is 7.11 Å². The lowest BCUT2D eigenvalue weighted by molar-refractivity contribution is -0.177. The number of nitrogens with zero attached hydrogens (tertiary/aromatic N) is 1. The average Bonchev–Trinajstić information content (AvgIpc) is 2.84.